The maximum absolute atomic E-state index is 11.0. The minimum atomic E-state index is -1.39. The van der Waals surface area contributed by atoms with Crippen LogP contribution in [0.3, 0.4) is 0 Å². The Morgan fingerprint density at radius 2 is 1.50 bits per heavy atom. The van der Waals surface area contributed by atoms with E-state index in [0.29, 0.717) is 0 Å². The highest BCUT2D eigenvalue weighted by molar-refractivity contribution is 5.63. The van der Waals surface area contributed by atoms with Crippen molar-refractivity contribution >= 4 is 18.5 Å². The highest BCUT2D eigenvalue weighted by Crippen LogP contribution is 2.01. The van der Waals surface area contributed by atoms with Crippen molar-refractivity contribution in [3.8, 4) is 0 Å². The van der Waals surface area contributed by atoms with E-state index in [1.807, 2.05) is 0 Å². The minimum Gasteiger partial charge on any atom is -0.438 e. The molecule has 0 rings (SSSR count). The summed E-state index contributed by atoms with van der Waals surface area (Å²) in [6.07, 6.45) is -3.72. The van der Waals surface area contributed by atoms with Crippen LogP contribution in [-0.2, 0) is 28.4 Å². The third-order valence-electron chi connectivity index (χ3n) is 1.30. The standard InChI is InChI=1S/C9H12O9/c1-4-6(17-8(11)14-3)18-9(12)16-5-15-7(10)13-2/h4,6H,1,5H2,2-3H3. The Labute approximate surface area is 102 Å². The highest BCUT2D eigenvalue weighted by atomic mass is 16.9. The molecule has 1 atom stereocenters. The molecule has 0 spiro atoms. The van der Waals surface area contributed by atoms with Crippen LogP contribution in [0.25, 0.3) is 0 Å². The number of carbonyl (C=O) groups excluding carboxylic acids is 3. The van der Waals surface area contributed by atoms with Crippen LogP contribution in [0.4, 0.5) is 14.4 Å². The normalized spacial score (nSPS) is 10.6. The summed E-state index contributed by atoms with van der Waals surface area (Å²) in [4.78, 5) is 32.2. The van der Waals surface area contributed by atoms with E-state index in [4.69, 9.17) is 0 Å². The van der Waals surface area contributed by atoms with Crippen molar-refractivity contribution in [2.75, 3.05) is 21.0 Å². The average Bonchev–Trinajstić information content (AvgIpc) is 2.37. The molecule has 0 saturated carbocycles. The van der Waals surface area contributed by atoms with E-state index >= 15 is 0 Å². The summed E-state index contributed by atoms with van der Waals surface area (Å²) in [6, 6.07) is 0. The Kier molecular flexibility index (Phi) is 7.49. The van der Waals surface area contributed by atoms with Gasteiger partial charge in [-0.2, -0.15) is 0 Å². The van der Waals surface area contributed by atoms with Crippen LogP contribution in [0.1, 0.15) is 0 Å². The molecular formula is C9H12O9. The minimum absolute atomic E-state index is 0.715. The zero-order valence-electron chi connectivity index (χ0n) is 9.74. The summed E-state index contributed by atoms with van der Waals surface area (Å²) in [5.41, 5.74) is 0. The van der Waals surface area contributed by atoms with Crippen LogP contribution in [-0.4, -0.2) is 45.8 Å². The topological polar surface area (TPSA) is 107 Å². The second kappa shape index (κ2) is 8.67. The molecule has 0 aromatic heterocycles. The Hall–Kier alpha value is -2.45. The molecule has 0 N–H and O–H groups in total. The first kappa shape index (κ1) is 15.6. The molecule has 9 nitrogen and oxygen atoms in total. The summed E-state index contributed by atoms with van der Waals surface area (Å²) in [7, 11) is 2.16. The maximum atomic E-state index is 11.0. The first-order chi connectivity index (χ1) is 8.53. The molecular weight excluding hydrogens is 252 g/mol. The largest absolute Gasteiger partial charge is 0.514 e. The second-order valence-corrected chi connectivity index (χ2v) is 2.40. The molecule has 0 aliphatic heterocycles. The molecule has 102 valence electrons. The van der Waals surface area contributed by atoms with Gasteiger partial charge in [-0.3, -0.25) is 0 Å². The van der Waals surface area contributed by atoms with Gasteiger partial charge in [0.2, 0.25) is 6.79 Å². The quantitative estimate of drug-likeness (QED) is 0.313. The molecule has 9 heteroatoms. The van der Waals surface area contributed by atoms with E-state index in [9.17, 15) is 14.4 Å². The summed E-state index contributed by atoms with van der Waals surface area (Å²) < 4.78 is 25.7. The van der Waals surface area contributed by atoms with E-state index in [1.54, 1.807) is 0 Å². The van der Waals surface area contributed by atoms with Crippen molar-refractivity contribution in [2.45, 2.75) is 6.29 Å². The Bertz CT molecular complexity index is 311. The fraction of sp³-hybridized carbons (Fsp3) is 0.444. The number of carbonyl (C=O) groups is 3. The van der Waals surface area contributed by atoms with Crippen LogP contribution in [0, 0.1) is 0 Å². The van der Waals surface area contributed by atoms with Crippen molar-refractivity contribution in [2.24, 2.45) is 0 Å². The molecule has 18 heavy (non-hydrogen) atoms. The highest BCUT2D eigenvalue weighted by Gasteiger charge is 2.17. The van der Waals surface area contributed by atoms with E-state index in [2.05, 4.69) is 35.0 Å². The molecule has 0 heterocycles. The van der Waals surface area contributed by atoms with Gasteiger partial charge in [-0.15, -0.1) is 0 Å². The van der Waals surface area contributed by atoms with Crippen LogP contribution in [0.2, 0.25) is 0 Å². The van der Waals surface area contributed by atoms with Crippen LogP contribution in [0.15, 0.2) is 12.7 Å². The Morgan fingerprint density at radius 3 is 2.00 bits per heavy atom. The number of rotatable bonds is 5. The molecule has 0 bridgehead atoms. The molecule has 0 fully saturated rings. The lowest BCUT2D eigenvalue weighted by Gasteiger charge is -2.13. The summed E-state index contributed by atoms with van der Waals surface area (Å²) in [6.45, 7) is 2.54. The van der Waals surface area contributed by atoms with Gasteiger partial charge >= 0.3 is 18.5 Å². The third-order valence-corrected chi connectivity index (χ3v) is 1.30. The molecule has 0 aliphatic carbocycles. The fourth-order valence-electron chi connectivity index (χ4n) is 0.577. The number of methoxy groups -OCH3 is 2. The van der Waals surface area contributed by atoms with Crippen molar-refractivity contribution in [3.63, 3.8) is 0 Å². The van der Waals surface area contributed by atoms with Crippen molar-refractivity contribution in [1.29, 1.82) is 0 Å². The lowest BCUT2D eigenvalue weighted by atomic mass is 10.6. The first-order valence-electron chi connectivity index (χ1n) is 4.44. The van der Waals surface area contributed by atoms with Crippen molar-refractivity contribution in [3.05, 3.63) is 12.7 Å². The number of hydrogen-bond acceptors (Lipinski definition) is 9. The molecule has 0 aromatic rings. The molecule has 0 aliphatic rings. The Balaban J connectivity index is 3.93. The average molecular weight is 264 g/mol. The monoisotopic (exact) mass is 264 g/mol. The molecule has 0 saturated heterocycles. The predicted molar refractivity (Wildman–Crippen MR) is 53.4 cm³/mol. The zero-order chi connectivity index (χ0) is 14.0. The van der Waals surface area contributed by atoms with Crippen molar-refractivity contribution in [1.82, 2.24) is 0 Å². The zero-order valence-corrected chi connectivity index (χ0v) is 9.74. The van der Waals surface area contributed by atoms with Gasteiger partial charge in [0.1, 0.15) is 0 Å². The van der Waals surface area contributed by atoms with Gasteiger partial charge < -0.3 is 28.4 Å². The van der Waals surface area contributed by atoms with E-state index in [0.717, 1.165) is 20.3 Å². The van der Waals surface area contributed by atoms with Crippen LogP contribution >= 0.6 is 0 Å². The van der Waals surface area contributed by atoms with Crippen molar-refractivity contribution < 1.29 is 42.8 Å². The molecule has 0 amide bonds. The third kappa shape index (κ3) is 6.93. The van der Waals surface area contributed by atoms with E-state index in [1.165, 1.54) is 0 Å². The number of ether oxygens (including phenoxy) is 6. The van der Waals surface area contributed by atoms with Gasteiger partial charge in [0, 0.05) is 0 Å². The van der Waals surface area contributed by atoms with Gasteiger partial charge in [-0.05, 0) is 6.08 Å². The van der Waals surface area contributed by atoms with Crippen LogP contribution in [0.5, 0.6) is 0 Å². The fourth-order valence-corrected chi connectivity index (χ4v) is 0.577. The predicted octanol–water partition coefficient (Wildman–Crippen LogP) is 1.18. The van der Waals surface area contributed by atoms with E-state index < -0.39 is 31.5 Å². The first-order valence-corrected chi connectivity index (χ1v) is 4.44. The smallest absolute Gasteiger partial charge is 0.438 e. The molecule has 0 aromatic carbocycles. The van der Waals surface area contributed by atoms with E-state index in [-0.39, 0.29) is 0 Å². The SMILES string of the molecule is C=CC(OC(=O)OC)OC(=O)OCOC(=O)OC. The Morgan fingerprint density at radius 1 is 1.00 bits per heavy atom. The molecule has 0 radical (unpaired) electrons. The number of hydrogen-bond donors (Lipinski definition) is 0. The lowest BCUT2D eigenvalue weighted by Crippen LogP contribution is -2.24. The van der Waals surface area contributed by atoms with Gasteiger partial charge in [-0.25, -0.2) is 14.4 Å². The summed E-state index contributed by atoms with van der Waals surface area (Å²) in [5, 5.41) is 0. The van der Waals surface area contributed by atoms with Gasteiger partial charge in [0.25, 0.3) is 6.29 Å². The lowest BCUT2D eigenvalue weighted by molar-refractivity contribution is -0.0926. The van der Waals surface area contributed by atoms with Crippen LogP contribution < -0.4 is 0 Å². The van der Waals surface area contributed by atoms with Gasteiger partial charge in [0.15, 0.2) is 0 Å². The van der Waals surface area contributed by atoms with Gasteiger partial charge in [0.05, 0.1) is 14.2 Å². The van der Waals surface area contributed by atoms with Gasteiger partial charge in [-0.1, -0.05) is 6.58 Å². The second-order valence-electron chi connectivity index (χ2n) is 2.40. The summed E-state index contributed by atoms with van der Waals surface area (Å²) >= 11 is 0. The summed E-state index contributed by atoms with van der Waals surface area (Å²) in [5.74, 6) is 0. The maximum Gasteiger partial charge on any atom is 0.514 e. The molecule has 1 unspecified atom stereocenters.